The molecule has 18 heavy (non-hydrogen) atoms. The molecule has 1 aliphatic rings. The quantitative estimate of drug-likeness (QED) is 0.834. The van der Waals surface area contributed by atoms with Crippen LogP contribution in [0.2, 0.25) is 0 Å². The van der Waals surface area contributed by atoms with Crippen molar-refractivity contribution in [1.29, 1.82) is 0 Å². The highest BCUT2D eigenvalue weighted by molar-refractivity contribution is 5.32. The molecule has 1 N–H and O–H groups in total. The smallest absolute Gasteiger partial charge is 0.0588 e. The average molecular weight is 247 g/mol. The number of hydrogen-bond donors (Lipinski definition) is 1. The van der Waals surface area contributed by atoms with E-state index in [1.165, 1.54) is 17.5 Å². The Morgan fingerprint density at radius 3 is 2.28 bits per heavy atom. The van der Waals surface area contributed by atoms with Gasteiger partial charge in [-0.15, -0.1) is 0 Å². The molecular formula is C16H25NO. The second-order valence-electron chi connectivity index (χ2n) is 5.36. The van der Waals surface area contributed by atoms with E-state index in [0.29, 0.717) is 5.92 Å². The summed E-state index contributed by atoms with van der Waals surface area (Å²) in [5.41, 5.74) is 3.10. The van der Waals surface area contributed by atoms with Gasteiger partial charge in [0, 0.05) is 5.41 Å². The normalized spacial score (nSPS) is 19.3. The second-order valence-corrected chi connectivity index (χ2v) is 5.36. The van der Waals surface area contributed by atoms with Crippen molar-refractivity contribution in [1.82, 2.24) is 5.32 Å². The number of ether oxygens (including phenoxy) is 1. The van der Waals surface area contributed by atoms with Crippen molar-refractivity contribution in [3.8, 4) is 0 Å². The Hall–Kier alpha value is -0.860. The Morgan fingerprint density at radius 2 is 1.89 bits per heavy atom. The summed E-state index contributed by atoms with van der Waals surface area (Å²) in [6, 6.07) is 9.14. The zero-order chi connectivity index (χ0) is 13.0. The molecule has 0 aromatic heterocycles. The van der Waals surface area contributed by atoms with Crippen LogP contribution in [0.4, 0.5) is 0 Å². The summed E-state index contributed by atoms with van der Waals surface area (Å²) in [6.07, 6.45) is 2.30. The number of nitrogens with one attached hydrogen (secondary N) is 1. The third-order valence-corrected chi connectivity index (χ3v) is 4.38. The highest BCUT2D eigenvalue weighted by atomic mass is 16.5. The summed E-state index contributed by atoms with van der Waals surface area (Å²) in [7, 11) is 2.04. The first kappa shape index (κ1) is 13.6. The molecule has 0 bridgehead atoms. The second kappa shape index (κ2) is 5.85. The van der Waals surface area contributed by atoms with Crippen molar-refractivity contribution in [3.05, 3.63) is 35.4 Å². The fourth-order valence-electron chi connectivity index (χ4n) is 3.01. The Balaban J connectivity index is 2.24. The summed E-state index contributed by atoms with van der Waals surface area (Å²) < 4.78 is 5.55. The monoisotopic (exact) mass is 247 g/mol. The lowest BCUT2D eigenvalue weighted by atomic mass is 9.67. The van der Waals surface area contributed by atoms with E-state index >= 15 is 0 Å². The highest BCUT2D eigenvalue weighted by Gasteiger charge is 2.45. The van der Waals surface area contributed by atoms with Crippen molar-refractivity contribution in [2.24, 2.45) is 5.92 Å². The molecule has 1 heterocycles. The van der Waals surface area contributed by atoms with Crippen LogP contribution in [0.3, 0.4) is 0 Å². The van der Waals surface area contributed by atoms with Crippen molar-refractivity contribution in [2.45, 2.75) is 32.1 Å². The molecule has 2 rings (SSSR count). The molecule has 1 fully saturated rings. The Bertz CT molecular complexity index is 367. The first-order valence-electron chi connectivity index (χ1n) is 7.08. The minimum absolute atomic E-state index is 0.240. The van der Waals surface area contributed by atoms with E-state index in [1.54, 1.807) is 0 Å². The van der Waals surface area contributed by atoms with Crippen LogP contribution in [0.5, 0.6) is 0 Å². The summed E-state index contributed by atoms with van der Waals surface area (Å²) in [6.45, 7) is 7.29. The van der Waals surface area contributed by atoms with E-state index in [-0.39, 0.29) is 5.41 Å². The molecule has 1 atom stereocenters. The van der Waals surface area contributed by atoms with Gasteiger partial charge in [-0.25, -0.2) is 0 Å². The molecular weight excluding hydrogens is 222 g/mol. The van der Waals surface area contributed by atoms with Gasteiger partial charge in [0.25, 0.3) is 0 Å². The fourth-order valence-corrected chi connectivity index (χ4v) is 3.01. The lowest BCUT2D eigenvalue weighted by Crippen LogP contribution is -2.54. The highest BCUT2D eigenvalue weighted by Crippen LogP contribution is 2.41. The van der Waals surface area contributed by atoms with Crippen LogP contribution in [-0.2, 0) is 16.6 Å². The molecule has 1 aromatic rings. The van der Waals surface area contributed by atoms with Gasteiger partial charge in [-0.05, 0) is 37.1 Å². The lowest BCUT2D eigenvalue weighted by molar-refractivity contribution is -0.0909. The van der Waals surface area contributed by atoms with Crippen molar-refractivity contribution in [2.75, 3.05) is 26.8 Å². The predicted molar refractivity (Wildman–Crippen MR) is 76.0 cm³/mol. The standard InChI is InChI=1S/C16H25NO/c1-4-13-6-8-15(9-7-13)16(11-18-12-16)14(5-2)10-17-3/h6-9,14,17H,4-5,10-12H2,1-3H3. The van der Waals surface area contributed by atoms with Crippen molar-refractivity contribution < 1.29 is 4.74 Å². The predicted octanol–water partition coefficient (Wildman–Crippen LogP) is 2.76. The molecule has 0 spiro atoms. The van der Waals surface area contributed by atoms with Gasteiger partial charge in [0.1, 0.15) is 0 Å². The van der Waals surface area contributed by atoms with Gasteiger partial charge in [0.05, 0.1) is 13.2 Å². The van der Waals surface area contributed by atoms with Gasteiger partial charge in [-0.1, -0.05) is 44.5 Å². The van der Waals surface area contributed by atoms with Gasteiger partial charge in [0.15, 0.2) is 0 Å². The molecule has 0 saturated carbocycles. The maximum absolute atomic E-state index is 5.55. The topological polar surface area (TPSA) is 21.3 Å². The van der Waals surface area contributed by atoms with Crippen LogP contribution >= 0.6 is 0 Å². The van der Waals surface area contributed by atoms with E-state index in [4.69, 9.17) is 4.74 Å². The van der Waals surface area contributed by atoms with Gasteiger partial charge in [-0.2, -0.15) is 0 Å². The molecule has 1 unspecified atom stereocenters. The Kier molecular flexibility index (Phi) is 4.41. The summed E-state index contributed by atoms with van der Waals surface area (Å²) >= 11 is 0. The van der Waals surface area contributed by atoms with Crippen molar-refractivity contribution >= 4 is 0 Å². The van der Waals surface area contributed by atoms with Crippen LogP contribution in [0, 0.1) is 5.92 Å². The molecule has 0 aliphatic carbocycles. The Labute approximate surface area is 111 Å². The maximum Gasteiger partial charge on any atom is 0.0588 e. The van der Waals surface area contributed by atoms with E-state index in [1.807, 2.05) is 7.05 Å². The largest absolute Gasteiger partial charge is 0.379 e. The molecule has 0 radical (unpaired) electrons. The van der Waals surface area contributed by atoms with Crippen LogP contribution in [0.1, 0.15) is 31.4 Å². The molecule has 1 saturated heterocycles. The summed E-state index contributed by atoms with van der Waals surface area (Å²) in [4.78, 5) is 0. The zero-order valence-electron chi connectivity index (χ0n) is 11.8. The average Bonchev–Trinajstić information content (AvgIpc) is 2.37. The maximum atomic E-state index is 5.55. The fraction of sp³-hybridized carbons (Fsp3) is 0.625. The molecule has 0 amide bonds. The van der Waals surface area contributed by atoms with Gasteiger partial charge in [0.2, 0.25) is 0 Å². The number of aryl methyl sites for hydroxylation is 1. The zero-order valence-corrected chi connectivity index (χ0v) is 11.8. The lowest BCUT2D eigenvalue weighted by Gasteiger charge is -2.47. The Morgan fingerprint density at radius 1 is 1.22 bits per heavy atom. The molecule has 2 heteroatoms. The minimum atomic E-state index is 0.240. The van der Waals surface area contributed by atoms with Crippen LogP contribution in [0.15, 0.2) is 24.3 Å². The SMILES string of the molecule is CCc1ccc(C2(C(CC)CNC)COC2)cc1. The van der Waals surface area contributed by atoms with Crippen LogP contribution in [-0.4, -0.2) is 26.8 Å². The number of benzene rings is 1. The van der Waals surface area contributed by atoms with Gasteiger partial charge in [-0.3, -0.25) is 0 Å². The van der Waals surface area contributed by atoms with Gasteiger partial charge < -0.3 is 10.1 Å². The van der Waals surface area contributed by atoms with Crippen LogP contribution in [0.25, 0.3) is 0 Å². The minimum Gasteiger partial charge on any atom is -0.379 e. The van der Waals surface area contributed by atoms with Crippen LogP contribution < -0.4 is 5.32 Å². The number of rotatable bonds is 6. The van der Waals surface area contributed by atoms with Gasteiger partial charge >= 0.3 is 0 Å². The van der Waals surface area contributed by atoms with E-state index in [9.17, 15) is 0 Å². The van der Waals surface area contributed by atoms with E-state index in [2.05, 4.69) is 43.4 Å². The third-order valence-electron chi connectivity index (χ3n) is 4.38. The first-order chi connectivity index (χ1) is 8.76. The molecule has 1 aromatic carbocycles. The molecule has 1 aliphatic heterocycles. The summed E-state index contributed by atoms with van der Waals surface area (Å²) in [5.74, 6) is 0.656. The summed E-state index contributed by atoms with van der Waals surface area (Å²) in [5, 5.41) is 3.33. The molecule has 2 nitrogen and oxygen atoms in total. The van der Waals surface area contributed by atoms with E-state index in [0.717, 1.165) is 26.2 Å². The van der Waals surface area contributed by atoms with E-state index < -0.39 is 0 Å². The number of hydrogen-bond acceptors (Lipinski definition) is 2. The third kappa shape index (κ3) is 2.32. The molecule has 100 valence electrons. The van der Waals surface area contributed by atoms with Crippen molar-refractivity contribution in [3.63, 3.8) is 0 Å². The first-order valence-corrected chi connectivity index (χ1v) is 7.08.